The van der Waals surface area contributed by atoms with Crippen molar-refractivity contribution in [2.75, 3.05) is 0 Å². The molecule has 0 aliphatic carbocycles. The van der Waals surface area contributed by atoms with Crippen LogP contribution in [-0.4, -0.2) is 121 Å². The van der Waals surface area contributed by atoms with E-state index in [1.165, 1.54) is 24.3 Å². The van der Waals surface area contributed by atoms with E-state index in [4.69, 9.17) is 23.7 Å². The minimum absolute atomic E-state index is 0.0872. The fraction of sp³-hybridized carbons (Fsp3) is 0.200. The SMILES string of the molecule is Oc1cc(O)c2c(c1)O[C@@]1(c3ccc(O)c(O)c3)Oc3cc(O)c4c(c3[C@@H]2[C@H]1O)O[C@H](c1ccc(O)c(O)c1)[C@H](O)[C@H]4c1c(O)cc(O)c2c1O[C@H](c1ccc(O)c(O)c1)[C@H](O)[C@H]2c1c(O)cc(O)c2c1O[C@H](c1ccc(O)c(O)c1)[C@@H](O)C2. The summed E-state index contributed by atoms with van der Waals surface area (Å²) in [5.74, 6) is -20.1. The van der Waals surface area contributed by atoms with Gasteiger partial charge in [0.1, 0.15) is 93.4 Å². The minimum atomic E-state index is -2.44. The average Bonchev–Trinajstić information content (AvgIpc) is 0.881. The Labute approximate surface area is 471 Å². The molecule has 8 aromatic rings. The van der Waals surface area contributed by atoms with E-state index in [0.717, 1.165) is 78.9 Å². The zero-order chi connectivity index (χ0) is 59.4. The number of phenolic OH excluding ortho intramolecular Hbond substituents is 15. The van der Waals surface area contributed by atoms with Gasteiger partial charge in [-0.25, -0.2) is 0 Å². The van der Waals surface area contributed by atoms with E-state index >= 15 is 0 Å². The van der Waals surface area contributed by atoms with Crippen molar-refractivity contribution >= 4 is 0 Å². The number of aromatic hydroxyl groups is 15. The predicted octanol–water partition coefficient (Wildman–Crippen LogP) is 5.69. The van der Waals surface area contributed by atoms with E-state index in [1.54, 1.807) is 0 Å². The monoisotopic (exact) mass is 1150 g/mol. The third-order valence-corrected chi connectivity index (χ3v) is 16.4. The Kier molecular flexibility index (Phi) is 11.7. The number of hydrogen-bond acceptors (Lipinski definition) is 24. The molecule has 84 heavy (non-hydrogen) atoms. The number of ether oxygens (including phenoxy) is 5. The fourth-order valence-electron chi connectivity index (χ4n) is 12.6. The highest BCUT2D eigenvalue weighted by atomic mass is 16.7. The second-order valence-electron chi connectivity index (χ2n) is 21.2. The van der Waals surface area contributed by atoms with Crippen molar-refractivity contribution in [1.29, 1.82) is 0 Å². The van der Waals surface area contributed by atoms with Crippen LogP contribution < -0.4 is 23.7 Å². The Balaban J connectivity index is 1.09. The Morgan fingerprint density at radius 2 is 0.738 bits per heavy atom. The highest BCUT2D eigenvalue weighted by Gasteiger charge is 2.61. The Morgan fingerprint density at radius 1 is 0.333 bits per heavy atom. The lowest BCUT2D eigenvalue weighted by Gasteiger charge is -2.51. The minimum Gasteiger partial charge on any atom is -0.508 e. The van der Waals surface area contributed by atoms with Crippen molar-refractivity contribution < 1.29 is 121 Å². The number of aliphatic hydroxyl groups is 4. The molecule has 11 atom stereocenters. The largest absolute Gasteiger partial charge is 0.508 e. The predicted molar refractivity (Wildman–Crippen MR) is 283 cm³/mol. The lowest BCUT2D eigenvalue weighted by Crippen LogP contribution is -2.57. The van der Waals surface area contributed by atoms with Crippen LogP contribution in [0.4, 0.5) is 0 Å². The van der Waals surface area contributed by atoms with Gasteiger partial charge in [-0.15, -0.1) is 0 Å². The van der Waals surface area contributed by atoms with Gasteiger partial charge in [-0.2, -0.15) is 0 Å². The summed E-state index contributed by atoms with van der Waals surface area (Å²) in [5, 5.41) is 218. The van der Waals surface area contributed by atoms with E-state index in [0.29, 0.717) is 0 Å². The maximum absolute atomic E-state index is 13.1. The molecule has 0 aromatic heterocycles. The molecule has 5 heterocycles. The first-order valence-electron chi connectivity index (χ1n) is 25.8. The first kappa shape index (κ1) is 52.9. The van der Waals surface area contributed by atoms with Crippen LogP contribution in [0.1, 0.15) is 97.3 Å². The molecule has 0 unspecified atom stereocenters. The van der Waals surface area contributed by atoms with Crippen molar-refractivity contribution in [3.63, 3.8) is 0 Å². The van der Waals surface area contributed by atoms with Gasteiger partial charge >= 0.3 is 5.79 Å². The molecule has 0 saturated carbocycles. The van der Waals surface area contributed by atoms with E-state index in [1.807, 2.05) is 0 Å². The molecule has 432 valence electrons. The Hall–Kier alpha value is -10.4. The maximum Gasteiger partial charge on any atom is 0.305 e. The summed E-state index contributed by atoms with van der Waals surface area (Å²) in [7, 11) is 0. The highest BCUT2D eigenvalue weighted by Crippen LogP contribution is 2.67. The summed E-state index contributed by atoms with van der Waals surface area (Å²) >= 11 is 0. The van der Waals surface area contributed by atoms with Gasteiger partial charge in [0, 0.05) is 81.3 Å². The summed E-state index contributed by atoms with van der Waals surface area (Å²) in [6.45, 7) is 0. The molecule has 0 radical (unpaired) electrons. The molecule has 24 heteroatoms. The molecule has 2 bridgehead atoms. The van der Waals surface area contributed by atoms with Crippen molar-refractivity contribution in [1.82, 2.24) is 0 Å². The molecule has 5 aliphatic heterocycles. The summed E-state index contributed by atoms with van der Waals surface area (Å²) in [5.41, 5.74) is -2.64. The van der Waals surface area contributed by atoms with Crippen molar-refractivity contribution in [3.05, 3.63) is 164 Å². The second-order valence-corrected chi connectivity index (χ2v) is 21.2. The maximum atomic E-state index is 13.1. The highest BCUT2D eigenvalue weighted by molar-refractivity contribution is 5.74. The molecular weight excluding hydrogens is 1100 g/mol. The van der Waals surface area contributed by atoms with Crippen LogP contribution in [0.2, 0.25) is 0 Å². The quantitative estimate of drug-likeness (QED) is 0.0889. The van der Waals surface area contributed by atoms with Gasteiger partial charge in [0.05, 0.1) is 23.9 Å². The fourth-order valence-corrected chi connectivity index (χ4v) is 12.6. The van der Waals surface area contributed by atoms with E-state index in [9.17, 15) is 97.0 Å². The van der Waals surface area contributed by atoms with Crippen molar-refractivity contribution in [2.24, 2.45) is 0 Å². The Bertz CT molecular complexity index is 4110. The average molecular weight is 1150 g/mol. The summed E-state index contributed by atoms with van der Waals surface area (Å²) in [6, 6.07) is 18.2. The normalized spacial score (nSPS) is 25.1. The Morgan fingerprint density at radius 3 is 1.24 bits per heavy atom. The molecule has 0 spiro atoms. The van der Waals surface area contributed by atoms with Gasteiger partial charge in [0.15, 0.2) is 58.2 Å². The van der Waals surface area contributed by atoms with Gasteiger partial charge in [0.2, 0.25) is 0 Å². The zero-order valence-electron chi connectivity index (χ0n) is 42.8. The van der Waals surface area contributed by atoms with Gasteiger partial charge in [-0.1, -0.05) is 18.2 Å². The van der Waals surface area contributed by atoms with Crippen molar-refractivity contribution in [3.8, 4) is 115 Å². The molecule has 5 aliphatic rings. The molecule has 13 rings (SSSR count). The molecular formula is C60H48O24. The molecule has 8 aromatic carbocycles. The summed E-state index contributed by atoms with van der Waals surface area (Å²) in [6.07, 6.45) is -13.0. The topological polar surface area (TPSA) is 431 Å². The van der Waals surface area contributed by atoms with Crippen molar-refractivity contribution in [2.45, 2.75) is 72.7 Å². The molecule has 19 N–H and O–H groups in total. The van der Waals surface area contributed by atoms with Gasteiger partial charge in [0.25, 0.3) is 0 Å². The summed E-state index contributed by atoms with van der Waals surface area (Å²) in [4.78, 5) is 0. The number of benzene rings is 8. The number of rotatable bonds is 6. The molecule has 0 fully saturated rings. The van der Waals surface area contributed by atoms with E-state index in [-0.39, 0.29) is 56.2 Å². The van der Waals surface area contributed by atoms with Crippen LogP contribution in [-0.2, 0) is 12.2 Å². The second kappa shape index (κ2) is 18.6. The zero-order valence-corrected chi connectivity index (χ0v) is 42.8. The molecule has 0 saturated heterocycles. The third kappa shape index (κ3) is 7.68. The number of phenols is 15. The van der Waals surface area contributed by atoms with E-state index in [2.05, 4.69) is 0 Å². The van der Waals surface area contributed by atoms with Gasteiger partial charge in [-0.05, 0) is 71.3 Å². The van der Waals surface area contributed by atoms with Crippen LogP contribution in [0.5, 0.6) is 115 Å². The standard InChI is InChI=1S/C60H48O24/c61-23-13-34(71)42-40(14-23)83-60(22-4-8-28(65)33(70)12-22)59(79)50(42)47-41(84-60)18-38(75)46-49(52(78)55(82-58(46)47)21-3-7-27(64)32(69)11-21)45-37(74)17-36(73)44-48(51(77)54(81-57(44)45)20-2-6-26(63)31(68)10-20)43-35(72)16-29(66)24-15-39(76)53(80-56(24)43)19-1-5-25(62)30(67)9-19/h1-14,16-18,39,48-55,59,61-79H,15H2/t39-,48-,49-,50+,51+,52+,53+,54+,55+,59+,60-/m0/s1. The van der Waals surface area contributed by atoms with Crippen LogP contribution >= 0.6 is 0 Å². The summed E-state index contributed by atoms with van der Waals surface area (Å²) < 4.78 is 32.7. The van der Waals surface area contributed by atoms with Crippen LogP contribution in [0.15, 0.2) is 103 Å². The first-order valence-corrected chi connectivity index (χ1v) is 25.8. The lowest BCUT2D eigenvalue weighted by atomic mass is 9.71. The third-order valence-electron chi connectivity index (χ3n) is 16.4. The van der Waals surface area contributed by atoms with Crippen LogP contribution in [0, 0.1) is 0 Å². The van der Waals surface area contributed by atoms with E-state index < -0.39 is 193 Å². The smallest absolute Gasteiger partial charge is 0.305 e. The number of fused-ring (bicyclic) bond motifs is 10. The van der Waals surface area contributed by atoms with Gasteiger partial charge in [-0.3, -0.25) is 0 Å². The first-order chi connectivity index (χ1) is 40.0. The van der Waals surface area contributed by atoms with Crippen LogP contribution in [0.25, 0.3) is 0 Å². The van der Waals surface area contributed by atoms with Gasteiger partial charge < -0.3 is 121 Å². The number of aliphatic hydroxyl groups excluding tert-OH is 4. The molecule has 0 amide bonds. The molecule has 24 nitrogen and oxygen atoms in total. The number of hydrogen-bond donors (Lipinski definition) is 19. The van der Waals surface area contributed by atoms with Crippen LogP contribution in [0.3, 0.4) is 0 Å². The lowest BCUT2D eigenvalue weighted by molar-refractivity contribution is -0.219.